The van der Waals surface area contributed by atoms with Crippen LogP contribution in [0.25, 0.3) is 0 Å². The van der Waals surface area contributed by atoms with Crippen LogP contribution in [0.15, 0.2) is 11.4 Å². The summed E-state index contributed by atoms with van der Waals surface area (Å²) in [5.41, 5.74) is 6.27. The molecule has 16 heavy (non-hydrogen) atoms. The molecule has 3 N–H and O–H groups in total. The van der Waals surface area contributed by atoms with E-state index in [-0.39, 0.29) is 11.8 Å². The minimum Gasteiger partial charge on any atom is -0.320 e. The second-order valence-electron chi connectivity index (χ2n) is 3.68. The number of carbonyl (C=O) groups excluding carboxylic acids is 1. The van der Waals surface area contributed by atoms with E-state index in [2.05, 4.69) is 5.32 Å². The first-order valence-corrected chi connectivity index (χ1v) is 6.02. The average molecular weight is 237 g/mol. The smallest absolute Gasteiger partial charge is 0.242 e. The lowest BCUT2D eigenvalue weighted by molar-refractivity contribution is -0.118. The molecule has 1 rings (SSSR count). The molecule has 1 aromatic heterocycles. The Morgan fingerprint density at radius 3 is 3.00 bits per heavy atom. The third-order valence-electron chi connectivity index (χ3n) is 2.58. The molecule has 0 aliphatic rings. The lowest BCUT2D eigenvalue weighted by Gasteiger charge is -2.17. The number of hydrogen-bond donors (Lipinski definition) is 2. The van der Waals surface area contributed by atoms with Gasteiger partial charge in [-0.1, -0.05) is 20.3 Å². The predicted octanol–water partition coefficient (Wildman–Crippen LogP) is 1.93. The van der Waals surface area contributed by atoms with Crippen LogP contribution in [-0.4, -0.2) is 11.9 Å². The summed E-state index contributed by atoms with van der Waals surface area (Å²) < 4.78 is 0. The van der Waals surface area contributed by atoms with Gasteiger partial charge in [0.2, 0.25) is 5.91 Å². The van der Waals surface area contributed by atoms with Crippen molar-refractivity contribution in [1.82, 2.24) is 0 Å². The molecule has 0 saturated heterocycles. The molecule has 5 heteroatoms. The van der Waals surface area contributed by atoms with Crippen molar-refractivity contribution >= 4 is 22.2 Å². The first-order valence-electron chi connectivity index (χ1n) is 5.14. The summed E-state index contributed by atoms with van der Waals surface area (Å²) in [4.78, 5) is 11.7. The van der Waals surface area contributed by atoms with Gasteiger partial charge < -0.3 is 11.1 Å². The van der Waals surface area contributed by atoms with Crippen LogP contribution < -0.4 is 11.1 Å². The standard InChI is InChI=1S/C11H15N3OS/c1-3-7(2)9(13)10(15)14-11-8(6-12)4-5-16-11/h4-5,7,9H,3,13H2,1-2H3,(H,14,15). The fourth-order valence-corrected chi connectivity index (χ4v) is 1.94. The minimum atomic E-state index is -0.529. The van der Waals surface area contributed by atoms with Crippen molar-refractivity contribution in [2.24, 2.45) is 11.7 Å². The van der Waals surface area contributed by atoms with Crippen molar-refractivity contribution in [2.45, 2.75) is 26.3 Å². The Morgan fingerprint density at radius 2 is 2.44 bits per heavy atom. The predicted molar refractivity (Wildman–Crippen MR) is 65.1 cm³/mol. The number of amides is 1. The average Bonchev–Trinajstić information content (AvgIpc) is 2.74. The van der Waals surface area contributed by atoms with E-state index in [0.717, 1.165) is 6.42 Å². The Bertz CT molecular complexity index is 408. The van der Waals surface area contributed by atoms with Gasteiger partial charge in [0.05, 0.1) is 11.6 Å². The molecular formula is C11H15N3OS. The second kappa shape index (κ2) is 5.64. The Kier molecular flexibility index (Phi) is 4.47. The molecule has 2 unspecified atom stereocenters. The highest BCUT2D eigenvalue weighted by atomic mass is 32.1. The highest BCUT2D eigenvalue weighted by Crippen LogP contribution is 2.22. The number of anilines is 1. The van der Waals surface area contributed by atoms with Gasteiger partial charge in [-0.25, -0.2) is 0 Å². The lowest BCUT2D eigenvalue weighted by Crippen LogP contribution is -2.40. The Balaban J connectivity index is 2.69. The van der Waals surface area contributed by atoms with E-state index in [0.29, 0.717) is 10.6 Å². The normalized spacial score (nSPS) is 13.9. The van der Waals surface area contributed by atoms with E-state index in [1.165, 1.54) is 11.3 Å². The van der Waals surface area contributed by atoms with E-state index >= 15 is 0 Å². The summed E-state index contributed by atoms with van der Waals surface area (Å²) in [5, 5.41) is 13.8. The molecule has 0 saturated carbocycles. The maximum absolute atomic E-state index is 11.7. The topological polar surface area (TPSA) is 78.9 Å². The number of thiophene rings is 1. The summed E-state index contributed by atoms with van der Waals surface area (Å²) in [6.07, 6.45) is 0.851. The largest absolute Gasteiger partial charge is 0.320 e. The van der Waals surface area contributed by atoms with Gasteiger partial charge in [0.25, 0.3) is 0 Å². The monoisotopic (exact) mass is 237 g/mol. The second-order valence-corrected chi connectivity index (χ2v) is 4.59. The third-order valence-corrected chi connectivity index (χ3v) is 3.41. The summed E-state index contributed by atoms with van der Waals surface area (Å²) in [6.45, 7) is 3.92. The highest BCUT2D eigenvalue weighted by molar-refractivity contribution is 7.14. The Morgan fingerprint density at radius 1 is 1.75 bits per heavy atom. The molecule has 86 valence electrons. The molecule has 1 amide bonds. The molecule has 2 atom stereocenters. The summed E-state index contributed by atoms with van der Waals surface area (Å²) >= 11 is 1.33. The van der Waals surface area contributed by atoms with Crippen LogP contribution in [-0.2, 0) is 4.79 Å². The fourth-order valence-electron chi connectivity index (χ4n) is 1.20. The third kappa shape index (κ3) is 2.81. The molecule has 1 heterocycles. The molecule has 0 spiro atoms. The first-order chi connectivity index (χ1) is 7.60. The van der Waals surface area contributed by atoms with Gasteiger partial charge >= 0.3 is 0 Å². The number of carbonyl (C=O) groups is 1. The van der Waals surface area contributed by atoms with Gasteiger partial charge in [-0.2, -0.15) is 5.26 Å². The van der Waals surface area contributed by atoms with Crippen molar-refractivity contribution in [3.8, 4) is 6.07 Å². The number of hydrogen-bond acceptors (Lipinski definition) is 4. The number of nitrogens with two attached hydrogens (primary N) is 1. The van der Waals surface area contributed by atoms with Crippen molar-refractivity contribution in [3.05, 3.63) is 17.0 Å². The first kappa shape index (κ1) is 12.7. The zero-order valence-electron chi connectivity index (χ0n) is 9.36. The maximum atomic E-state index is 11.7. The van der Waals surface area contributed by atoms with Crippen LogP contribution >= 0.6 is 11.3 Å². The Labute approximate surface area is 99.1 Å². The molecule has 0 radical (unpaired) electrons. The molecule has 0 aliphatic heterocycles. The van der Waals surface area contributed by atoms with Crippen LogP contribution in [0.4, 0.5) is 5.00 Å². The van der Waals surface area contributed by atoms with Gasteiger partial charge in [-0.05, 0) is 17.4 Å². The number of nitrogens with one attached hydrogen (secondary N) is 1. The van der Waals surface area contributed by atoms with Crippen molar-refractivity contribution < 1.29 is 4.79 Å². The molecule has 0 aliphatic carbocycles. The van der Waals surface area contributed by atoms with Crippen molar-refractivity contribution in [2.75, 3.05) is 5.32 Å². The van der Waals surface area contributed by atoms with Gasteiger partial charge in [0.1, 0.15) is 11.1 Å². The van der Waals surface area contributed by atoms with E-state index < -0.39 is 6.04 Å². The molecular weight excluding hydrogens is 222 g/mol. The molecule has 0 fully saturated rings. The van der Waals surface area contributed by atoms with Gasteiger partial charge in [-0.3, -0.25) is 4.79 Å². The van der Waals surface area contributed by atoms with Gasteiger partial charge in [0.15, 0.2) is 0 Å². The van der Waals surface area contributed by atoms with Crippen LogP contribution in [0.3, 0.4) is 0 Å². The lowest BCUT2D eigenvalue weighted by atomic mass is 9.99. The maximum Gasteiger partial charge on any atom is 0.242 e. The van der Waals surface area contributed by atoms with E-state index in [9.17, 15) is 4.79 Å². The molecule has 4 nitrogen and oxygen atoms in total. The SMILES string of the molecule is CCC(C)C(N)C(=O)Nc1sccc1C#N. The highest BCUT2D eigenvalue weighted by Gasteiger charge is 2.20. The number of nitriles is 1. The van der Waals surface area contributed by atoms with Crippen molar-refractivity contribution in [3.63, 3.8) is 0 Å². The van der Waals surface area contributed by atoms with Crippen LogP contribution in [0, 0.1) is 17.2 Å². The number of nitrogens with zero attached hydrogens (tertiary/aromatic N) is 1. The zero-order valence-corrected chi connectivity index (χ0v) is 10.2. The van der Waals surface area contributed by atoms with Gasteiger partial charge in [0, 0.05) is 0 Å². The van der Waals surface area contributed by atoms with Crippen LogP contribution in [0.5, 0.6) is 0 Å². The quantitative estimate of drug-likeness (QED) is 0.839. The fraction of sp³-hybridized carbons (Fsp3) is 0.455. The summed E-state index contributed by atoms with van der Waals surface area (Å²) in [6, 6.07) is 3.16. The Hall–Kier alpha value is -1.38. The van der Waals surface area contributed by atoms with E-state index in [4.69, 9.17) is 11.0 Å². The minimum absolute atomic E-state index is 0.130. The van der Waals surface area contributed by atoms with E-state index in [1.54, 1.807) is 11.4 Å². The van der Waals surface area contributed by atoms with Crippen molar-refractivity contribution in [1.29, 1.82) is 5.26 Å². The summed E-state index contributed by atoms with van der Waals surface area (Å²) in [7, 11) is 0. The molecule has 1 aromatic rings. The van der Waals surface area contributed by atoms with Crippen LogP contribution in [0.2, 0.25) is 0 Å². The van der Waals surface area contributed by atoms with Crippen LogP contribution in [0.1, 0.15) is 25.8 Å². The summed E-state index contributed by atoms with van der Waals surface area (Å²) in [5.74, 6) is -0.0983. The number of rotatable bonds is 4. The van der Waals surface area contributed by atoms with E-state index in [1.807, 2.05) is 19.9 Å². The zero-order chi connectivity index (χ0) is 12.1. The van der Waals surface area contributed by atoms with Gasteiger partial charge in [-0.15, -0.1) is 11.3 Å². The molecule has 0 aromatic carbocycles. The molecule has 0 bridgehead atoms.